The van der Waals surface area contributed by atoms with Gasteiger partial charge in [-0.1, -0.05) is 0 Å². The number of aryl methyl sites for hydroxylation is 4. The van der Waals surface area contributed by atoms with Crippen molar-refractivity contribution in [2.75, 3.05) is 11.9 Å². The molecule has 0 aliphatic carbocycles. The number of hydrogen-bond acceptors (Lipinski definition) is 5. The maximum absolute atomic E-state index is 10.9. The molecular weight excluding hydrogens is 270 g/mol. The first-order chi connectivity index (χ1) is 9.97. The van der Waals surface area contributed by atoms with Gasteiger partial charge in [-0.3, -0.25) is 14.8 Å². The van der Waals surface area contributed by atoms with Crippen LogP contribution >= 0.6 is 0 Å². The summed E-state index contributed by atoms with van der Waals surface area (Å²) in [5.41, 5.74) is 2.80. The summed E-state index contributed by atoms with van der Waals surface area (Å²) in [6, 6.07) is 3.51. The van der Waals surface area contributed by atoms with Crippen molar-refractivity contribution in [2.24, 2.45) is 0 Å². The lowest BCUT2D eigenvalue weighted by atomic mass is 10.2. The third-order valence-electron chi connectivity index (χ3n) is 3.23. The van der Waals surface area contributed by atoms with Gasteiger partial charge in [-0.2, -0.15) is 5.10 Å². The van der Waals surface area contributed by atoms with Gasteiger partial charge >= 0.3 is 0 Å². The van der Waals surface area contributed by atoms with E-state index in [4.69, 9.17) is 0 Å². The molecule has 0 bridgehead atoms. The number of aromatic nitrogens is 3. The molecule has 21 heavy (non-hydrogen) atoms. The fraction of sp³-hybridized carbons (Fsp3) is 0.429. The molecule has 0 spiro atoms. The first kappa shape index (κ1) is 15.0. The third kappa shape index (κ3) is 3.77. The number of hydrogen-bond donors (Lipinski definition) is 1. The average molecular weight is 289 g/mol. The van der Waals surface area contributed by atoms with Crippen LogP contribution in [0.2, 0.25) is 0 Å². The van der Waals surface area contributed by atoms with Gasteiger partial charge in [0.05, 0.1) is 16.7 Å². The van der Waals surface area contributed by atoms with Crippen molar-refractivity contribution < 1.29 is 4.92 Å². The van der Waals surface area contributed by atoms with Crippen molar-refractivity contribution in [3.05, 3.63) is 45.4 Å². The van der Waals surface area contributed by atoms with Crippen LogP contribution in [-0.2, 0) is 6.54 Å². The van der Waals surface area contributed by atoms with Gasteiger partial charge in [0.2, 0.25) is 0 Å². The molecule has 2 rings (SSSR count). The van der Waals surface area contributed by atoms with E-state index < -0.39 is 4.92 Å². The van der Waals surface area contributed by atoms with Crippen LogP contribution < -0.4 is 5.32 Å². The number of nitro groups is 1. The summed E-state index contributed by atoms with van der Waals surface area (Å²) in [5.74, 6) is 0.528. The minimum absolute atomic E-state index is 0.0889. The summed E-state index contributed by atoms with van der Waals surface area (Å²) in [6.07, 6.45) is 2.38. The van der Waals surface area contributed by atoms with Crippen LogP contribution in [-0.4, -0.2) is 26.2 Å². The molecule has 0 aliphatic heterocycles. The van der Waals surface area contributed by atoms with Gasteiger partial charge in [0, 0.05) is 30.5 Å². The molecule has 2 aromatic heterocycles. The van der Waals surface area contributed by atoms with Gasteiger partial charge in [-0.15, -0.1) is 0 Å². The Bertz CT molecular complexity index is 651. The molecule has 112 valence electrons. The van der Waals surface area contributed by atoms with Crippen LogP contribution in [0.25, 0.3) is 0 Å². The Labute approximate surface area is 123 Å². The van der Waals surface area contributed by atoms with E-state index in [0.717, 1.165) is 24.4 Å². The predicted octanol–water partition coefficient (Wildman–Crippen LogP) is 2.61. The van der Waals surface area contributed by atoms with Crippen LogP contribution in [0.4, 0.5) is 11.5 Å². The smallest absolute Gasteiger partial charge is 0.277 e. The molecule has 0 amide bonds. The van der Waals surface area contributed by atoms with Crippen LogP contribution in [0.1, 0.15) is 23.4 Å². The maximum atomic E-state index is 10.9. The Morgan fingerprint density at radius 2 is 2.10 bits per heavy atom. The highest BCUT2D eigenvalue weighted by molar-refractivity contribution is 5.48. The second kappa shape index (κ2) is 6.34. The minimum Gasteiger partial charge on any atom is -0.370 e. The lowest BCUT2D eigenvalue weighted by Gasteiger charge is -2.07. The van der Waals surface area contributed by atoms with Crippen molar-refractivity contribution in [3.63, 3.8) is 0 Å². The highest BCUT2D eigenvalue weighted by Crippen LogP contribution is 2.19. The monoisotopic (exact) mass is 289 g/mol. The lowest BCUT2D eigenvalue weighted by Crippen LogP contribution is -2.10. The molecule has 0 saturated heterocycles. The average Bonchev–Trinajstić information content (AvgIpc) is 2.74. The Balaban J connectivity index is 1.88. The van der Waals surface area contributed by atoms with E-state index >= 15 is 0 Å². The van der Waals surface area contributed by atoms with Crippen molar-refractivity contribution in [2.45, 2.75) is 33.7 Å². The van der Waals surface area contributed by atoms with Gasteiger partial charge in [-0.25, -0.2) is 4.98 Å². The van der Waals surface area contributed by atoms with Gasteiger partial charge in [0.1, 0.15) is 5.82 Å². The Morgan fingerprint density at radius 1 is 1.33 bits per heavy atom. The number of anilines is 1. The zero-order valence-electron chi connectivity index (χ0n) is 12.5. The SMILES string of the molecule is Cc1cc(C)n(CCCNc2cc([N+](=O)[O-])c(C)cn2)n1. The first-order valence-electron chi connectivity index (χ1n) is 6.83. The highest BCUT2D eigenvalue weighted by Gasteiger charge is 2.11. The molecule has 0 atom stereocenters. The molecule has 1 N–H and O–H groups in total. The maximum Gasteiger partial charge on any atom is 0.277 e. The molecule has 0 saturated carbocycles. The van der Waals surface area contributed by atoms with E-state index in [0.29, 0.717) is 17.9 Å². The first-order valence-corrected chi connectivity index (χ1v) is 6.83. The number of pyridine rings is 1. The van der Waals surface area contributed by atoms with Crippen molar-refractivity contribution in [1.82, 2.24) is 14.8 Å². The molecule has 7 nitrogen and oxygen atoms in total. The Morgan fingerprint density at radius 3 is 2.71 bits per heavy atom. The second-order valence-corrected chi connectivity index (χ2v) is 5.04. The van der Waals surface area contributed by atoms with Gasteiger partial charge in [-0.05, 0) is 33.3 Å². The van der Waals surface area contributed by atoms with Crippen LogP contribution in [0, 0.1) is 30.9 Å². The fourth-order valence-corrected chi connectivity index (χ4v) is 2.15. The quantitative estimate of drug-likeness (QED) is 0.502. The standard InChI is InChI=1S/C14H19N5O2/c1-10-9-16-14(8-13(10)19(20)21)15-5-4-6-18-12(3)7-11(2)17-18/h7-9H,4-6H2,1-3H3,(H,15,16). The van der Waals surface area contributed by atoms with Crippen molar-refractivity contribution in [3.8, 4) is 0 Å². The highest BCUT2D eigenvalue weighted by atomic mass is 16.6. The van der Waals surface area contributed by atoms with Gasteiger partial charge < -0.3 is 5.32 Å². The molecule has 0 unspecified atom stereocenters. The molecule has 7 heteroatoms. The van der Waals surface area contributed by atoms with E-state index in [1.54, 1.807) is 6.92 Å². The zero-order chi connectivity index (χ0) is 15.4. The van der Waals surface area contributed by atoms with Gasteiger partial charge in [0.15, 0.2) is 0 Å². The number of nitrogens with one attached hydrogen (secondary N) is 1. The summed E-state index contributed by atoms with van der Waals surface area (Å²) >= 11 is 0. The van der Waals surface area contributed by atoms with Gasteiger partial charge in [0.25, 0.3) is 5.69 Å². The van der Waals surface area contributed by atoms with E-state index in [1.165, 1.54) is 12.3 Å². The number of nitrogens with zero attached hydrogens (tertiary/aromatic N) is 4. The number of rotatable bonds is 6. The largest absolute Gasteiger partial charge is 0.370 e. The Hall–Kier alpha value is -2.44. The summed E-state index contributed by atoms with van der Waals surface area (Å²) in [4.78, 5) is 14.6. The van der Waals surface area contributed by atoms with Crippen LogP contribution in [0.3, 0.4) is 0 Å². The summed E-state index contributed by atoms with van der Waals surface area (Å²) in [7, 11) is 0. The Kier molecular flexibility index (Phi) is 4.52. The molecule has 0 fully saturated rings. The van der Waals surface area contributed by atoms with Crippen molar-refractivity contribution >= 4 is 11.5 Å². The normalized spacial score (nSPS) is 10.6. The molecular formula is C14H19N5O2. The minimum atomic E-state index is -0.391. The van der Waals surface area contributed by atoms with Crippen LogP contribution in [0.15, 0.2) is 18.3 Å². The summed E-state index contributed by atoms with van der Waals surface area (Å²) in [5, 5.41) is 18.4. The van der Waals surface area contributed by atoms with E-state index in [9.17, 15) is 10.1 Å². The summed E-state index contributed by atoms with van der Waals surface area (Å²) < 4.78 is 1.96. The molecule has 2 aromatic rings. The predicted molar refractivity (Wildman–Crippen MR) is 80.4 cm³/mol. The van der Waals surface area contributed by atoms with E-state index in [1.807, 2.05) is 24.6 Å². The fourth-order valence-electron chi connectivity index (χ4n) is 2.15. The zero-order valence-corrected chi connectivity index (χ0v) is 12.5. The van der Waals surface area contributed by atoms with E-state index in [-0.39, 0.29) is 5.69 Å². The van der Waals surface area contributed by atoms with E-state index in [2.05, 4.69) is 15.4 Å². The lowest BCUT2D eigenvalue weighted by molar-refractivity contribution is -0.385. The molecule has 0 aromatic carbocycles. The molecule has 0 radical (unpaired) electrons. The van der Waals surface area contributed by atoms with Crippen LogP contribution in [0.5, 0.6) is 0 Å². The molecule has 0 aliphatic rings. The topological polar surface area (TPSA) is 85.9 Å². The summed E-state index contributed by atoms with van der Waals surface area (Å²) in [6.45, 7) is 7.17. The molecule has 2 heterocycles. The van der Waals surface area contributed by atoms with Crippen molar-refractivity contribution in [1.29, 1.82) is 0 Å². The third-order valence-corrected chi connectivity index (χ3v) is 3.23. The second-order valence-electron chi connectivity index (χ2n) is 5.04.